The van der Waals surface area contributed by atoms with Crippen molar-refractivity contribution in [3.05, 3.63) is 46.3 Å². The molecule has 0 radical (unpaired) electrons. The van der Waals surface area contributed by atoms with Crippen LogP contribution in [-0.4, -0.2) is 16.0 Å². The Labute approximate surface area is 125 Å². The summed E-state index contributed by atoms with van der Waals surface area (Å²) in [5.74, 6) is 0.320. The predicted octanol–water partition coefficient (Wildman–Crippen LogP) is 2.69. The minimum atomic E-state index is -0.433. The smallest absolute Gasteiger partial charge is 0.319 e. The normalized spacial score (nSPS) is 10.1. The summed E-state index contributed by atoms with van der Waals surface area (Å²) < 4.78 is 0. The molecule has 1 aromatic heterocycles. The van der Waals surface area contributed by atoms with Gasteiger partial charge in [-0.1, -0.05) is 23.2 Å². The Balaban J connectivity index is 1.96. The van der Waals surface area contributed by atoms with Crippen LogP contribution in [0.15, 0.2) is 30.7 Å². The van der Waals surface area contributed by atoms with Crippen molar-refractivity contribution in [2.75, 3.05) is 11.1 Å². The van der Waals surface area contributed by atoms with E-state index >= 15 is 0 Å². The maximum atomic E-state index is 11.8. The molecule has 6 nitrogen and oxygen atoms in total. The predicted molar refractivity (Wildman–Crippen MR) is 78.8 cm³/mol. The zero-order valence-electron chi connectivity index (χ0n) is 10.2. The van der Waals surface area contributed by atoms with Crippen LogP contribution in [0, 0.1) is 0 Å². The van der Waals surface area contributed by atoms with E-state index in [1.54, 1.807) is 18.2 Å². The lowest BCUT2D eigenvalue weighted by molar-refractivity contribution is 0.252. The third-order valence-electron chi connectivity index (χ3n) is 2.44. The lowest BCUT2D eigenvalue weighted by atomic mass is 10.3. The van der Waals surface area contributed by atoms with Crippen LogP contribution in [-0.2, 0) is 6.54 Å². The van der Waals surface area contributed by atoms with Gasteiger partial charge in [0.1, 0.15) is 12.1 Å². The number of nitrogens with two attached hydrogens (primary N) is 1. The van der Waals surface area contributed by atoms with Crippen molar-refractivity contribution < 1.29 is 4.79 Å². The summed E-state index contributed by atoms with van der Waals surface area (Å²) in [6.45, 7) is 0.205. The molecule has 0 atom stereocenters. The highest BCUT2D eigenvalue weighted by molar-refractivity contribution is 6.35. The van der Waals surface area contributed by atoms with Gasteiger partial charge >= 0.3 is 6.03 Å². The Bertz CT molecular complexity index is 635. The number of anilines is 2. The maximum absolute atomic E-state index is 11.8. The number of hydrogen-bond acceptors (Lipinski definition) is 4. The molecule has 4 N–H and O–H groups in total. The first-order valence-electron chi connectivity index (χ1n) is 5.60. The number of rotatable bonds is 3. The fraction of sp³-hybridized carbons (Fsp3) is 0.0833. The lowest BCUT2D eigenvalue weighted by Crippen LogP contribution is -2.28. The second-order valence-corrected chi connectivity index (χ2v) is 4.71. The van der Waals surface area contributed by atoms with Crippen LogP contribution in [0.25, 0.3) is 0 Å². The van der Waals surface area contributed by atoms with Gasteiger partial charge in [0.05, 0.1) is 10.7 Å². The molecular formula is C12H11Cl2N5O. The average molecular weight is 312 g/mol. The van der Waals surface area contributed by atoms with Crippen molar-refractivity contribution in [2.24, 2.45) is 0 Å². The number of nitrogens with one attached hydrogen (secondary N) is 2. The van der Waals surface area contributed by atoms with Crippen molar-refractivity contribution in [1.82, 2.24) is 15.3 Å². The van der Waals surface area contributed by atoms with Gasteiger partial charge in [0, 0.05) is 23.3 Å². The zero-order chi connectivity index (χ0) is 14.5. The average Bonchev–Trinajstić information content (AvgIpc) is 2.42. The molecule has 0 spiro atoms. The van der Waals surface area contributed by atoms with Crippen LogP contribution in [0.3, 0.4) is 0 Å². The first-order valence-corrected chi connectivity index (χ1v) is 6.36. The van der Waals surface area contributed by atoms with E-state index in [0.29, 0.717) is 27.1 Å². The first kappa shape index (κ1) is 14.4. The van der Waals surface area contributed by atoms with Gasteiger partial charge < -0.3 is 16.4 Å². The minimum Gasteiger partial charge on any atom is -0.383 e. The summed E-state index contributed by atoms with van der Waals surface area (Å²) in [6.07, 6.45) is 2.87. The van der Waals surface area contributed by atoms with E-state index in [0.717, 1.165) is 0 Å². The number of benzene rings is 1. The van der Waals surface area contributed by atoms with Gasteiger partial charge in [-0.15, -0.1) is 0 Å². The maximum Gasteiger partial charge on any atom is 0.319 e. The van der Waals surface area contributed by atoms with E-state index in [1.165, 1.54) is 12.5 Å². The number of carbonyl (C=O) groups excluding carboxylic acids is 1. The van der Waals surface area contributed by atoms with Crippen molar-refractivity contribution in [3.8, 4) is 0 Å². The van der Waals surface area contributed by atoms with E-state index in [2.05, 4.69) is 20.6 Å². The molecule has 0 aliphatic rings. The Morgan fingerprint density at radius 1 is 1.35 bits per heavy atom. The largest absolute Gasteiger partial charge is 0.383 e. The monoisotopic (exact) mass is 311 g/mol. The van der Waals surface area contributed by atoms with E-state index in [9.17, 15) is 4.79 Å². The molecule has 20 heavy (non-hydrogen) atoms. The lowest BCUT2D eigenvalue weighted by Gasteiger charge is -2.10. The molecule has 1 aromatic carbocycles. The van der Waals surface area contributed by atoms with Gasteiger partial charge in [-0.3, -0.25) is 0 Å². The van der Waals surface area contributed by atoms with E-state index in [4.69, 9.17) is 28.9 Å². The van der Waals surface area contributed by atoms with E-state index in [-0.39, 0.29) is 6.54 Å². The topological polar surface area (TPSA) is 92.9 Å². The molecular weight excluding hydrogens is 301 g/mol. The SMILES string of the molecule is Nc1ncncc1CNC(=O)Nc1cc(Cl)ccc1Cl. The summed E-state index contributed by atoms with van der Waals surface area (Å²) in [6, 6.07) is 4.36. The van der Waals surface area contributed by atoms with Crippen molar-refractivity contribution in [3.63, 3.8) is 0 Å². The molecule has 0 fully saturated rings. The minimum absolute atomic E-state index is 0.205. The molecule has 0 unspecified atom stereocenters. The number of halogens is 2. The van der Waals surface area contributed by atoms with Crippen LogP contribution in [0.1, 0.15) is 5.56 Å². The van der Waals surface area contributed by atoms with E-state index < -0.39 is 6.03 Å². The summed E-state index contributed by atoms with van der Waals surface area (Å²) in [7, 11) is 0. The number of carbonyl (C=O) groups is 1. The highest BCUT2D eigenvalue weighted by atomic mass is 35.5. The van der Waals surface area contributed by atoms with Gasteiger partial charge in [0.2, 0.25) is 0 Å². The fourth-order valence-corrected chi connectivity index (χ4v) is 1.78. The molecule has 0 aliphatic heterocycles. The number of hydrogen-bond donors (Lipinski definition) is 3. The molecule has 2 amide bonds. The molecule has 2 rings (SSSR count). The number of amides is 2. The van der Waals surface area contributed by atoms with Crippen LogP contribution in [0.5, 0.6) is 0 Å². The molecule has 0 saturated carbocycles. The standard InChI is InChI=1S/C12H11Cl2N5O/c13-8-1-2-9(14)10(3-8)19-12(20)17-5-7-4-16-6-18-11(7)15/h1-4,6H,5H2,(H2,15,16,18)(H2,17,19,20). The first-order chi connectivity index (χ1) is 9.56. The number of nitrogen functional groups attached to an aromatic ring is 1. The van der Waals surface area contributed by atoms with Crippen LogP contribution >= 0.6 is 23.2 Å². The zero-order valence-corrected chi connectivity index (χ0v) is 11.7. The molecule has 0 bridgehead atoms. The van der Waals surface area contributed by atoms with Crippen molar-refractivity contribution in [2.45, 2.75) is 6.54 Å². The summed E-state index contributed by atoms with van der Waals surface area (Å²) in [5.41, 5.74) is 6.69. The van der Waals surface area contributed by atoms with Crippen molar-refractivity contribution in [1.29, 1.82) is 0 Å². The van der Waals surface area contributed by atoms with Gasteiger partial charge in [0.25, 0.3) is 0 Å². The summed E-state index contributed by atoms with van der Waals surface area (Å²) >= 11 is 11.8. The Hall–Kier alpha value is -2.05. The molecule has 0 saturated heterocycles. The number of aromatic nitrogens is 2. The summed E-state index contributed by atoms with van der Waals surface area (Å²) in [4.78, 5) is 19.4. The third-order valence-corrected chi connectivity index (χ3v) is 3.00. The van der Waals surface area contributed by atoms with Gasteiger partial charge in [-0.25, -0.2) is 14.8 Å². The summed E-state index contributed by atoms with van der Waals surface area (Å²) in [5, 5.41) is 6.09. The number of nitrogens with zero attached hydrogens (tertiary/aromatic N) is 2. The fourth-order valence-electron chi connectivity index (χ4n) is 1.44. The third kappa shape index (κ3) is 3.72. The Morgan fingerprint density at radius 2 is 2.15 bits per heavy atom. The molecule has 104 valence electrons. The van der Waals surface area contributed by atoms with Gasteiger partial charge in [-0.05, 0) is 18.2 Å². The molecule has 0 aliphatic carbocycles. The molecule has 8 heteroatoms. The second-order valence-electron chi connectivity index (χ2n) is 3.87. The molecule has 2 aromatic rings. The molecule has 1 heterocycles. The van der Waals surface area contributed by atoms with Gasteiger partial charge in [-0.2, -0.15) is 0 Å². The highest BCUT2D eigenvalue weighted by Gasteiger charge is 2.07. The van der Waals surface area contributed by atoms with Gasteiger partial charge in [0.15, 0.2) is 0 Å². The highest BCUT2D eigenvalue weighted by Crippen LogP contribution is 2.25. The van der Waals surface area contributed by atoms with E-state index in [1.807, 2.05) is 0 Å². The second kappa shape index (κ2) is 6.40. The Kier molecular flexibility index (Phi) is 4.60. The van der Waals surface area contributed by atoms with Crippen molar-refractivity contribution >= 4 is 40.7 Å². The Morgan fingerprint density at radius 3 is 2.90 bits per heavy atom. The van der Waals surface area contributed by atoms with Crippen LogP contribution in [0.4, 0.5) is 16.3 Å². The van der Waals surface area contributed by atoms with Crippen LogP contribution < -0.4 is 16.4 Å². The quantitative estimate of drug-likeness (QED) is 0.812. The number of urea groups is 1. The van der Waals surface area contributed by atoms with Crippen LogP contribution in [0.2, 0.25) is 10.0 Å².